The zero-order valence-electron chi connectivity index (χ0n) is 20.4. The molecule has 11 heteroatoms. The fourth-order valence-electron chi connectivity index (χ4n) is 5.16. The number of aromatic nitrogens is 4. The summed E-state index contributed by atoms with van der Waals surface area (Å²) in [5, 5.41) is 9.49. The monoisotopic (exact) mass is 504 g/mol. The van der Waals surface area contributed by atoms with Crippen molar-refractivity contribution in [1.82, 2.24) is 19.1 Å². The van der Waals surface area contributed by atoms with Gasteiger partial charge in [-0.25, -0.2) is 19.2 Å². The van der Waals surface area contributed by atoms with E-state index in [1.807, 2.05) is 47.8 Å². The molecule has 3 aromatic heterocycles. The Bertz CT molecular complexity index is 1600. The van der Waals surface area contributed by atoms with Gasteiger partial charge in [0.25, 0.3) is 0 Å². The minimum atomic E-state index is -1.34. The third kappa shape index (κ3) is 3.69. The van der Waals surface area contributed by atoms with Crippen molar-refractivity contribution in [3.63, 3.8) is 0 Å². The van der Waals surface area contributed by atoms with Crippen LogP contribution in [-0.2, 0) is 7.05 Å². The summed E-state index contributed by atoms with van der Waals surface area (Å²) in [4.78, 5) is 37.6. The van der Waals surface area contributed by atoms with E-state index >= 15 is 4.39 Å². The molecule has 0 saturated carbocycles. The number of aryl methyl sites for hydroxylation is 1. The molecular weight excluding hydrogens is 479 g/mol. The number of carboxylic acid groups (broad SMARTS) is 1. The molecule has 37 heavy (non-hydrogen) atoms. The summed E-state index contributed by atoms with van der Waals surface area (Å²) < 4.78 is 25.2. The zero-order valence-corrected chi connectivity index (χ0v) is 20.4. The molecule has 0 aliphatic carbocycles. The Hall–Kier alpha value is -4.41. The summed E-state index contributed by atoms with van der Waals surface area (Å²) >= 11 is 0. The molecule has 2 aliphatic rings. The van der Waals surface area contributed by atoms with Gasteiger partial charge >= 0.3 is 5.97 Å². The molecule has 10 nitrogen and oxygen atoms in total. The predicted octanol–water partition coefficient (Wildman–Crippen LogP) is 2.91. The van der Waals surface area contributed by atoms with Crippen LogP contribution >= 0.6 is 0 Å². The van der Waals surface area contributed by atoms with E-state index in [0.29, 0.717) is 37.6 Å². The third-order valence-electron chi connectivity index (χ3n) is 7.10. The molecule has 0 amide bonds. The first kappa shape index (κ1) is 23.0. The minimum absolute atomic E-state index is 0.00669. The Morgan fingerprint density at radius 2 is 1.95 bits per heavy atom. The number of ether oxygens (including phenoxy) is 1. The molecule has 190 valence electrons. The zero-order chi connectivity index (χ0) is 25.8. The van der Waals surface area contributed by atoms with Gasteiger partial charge in [0.2, 0.25) is 11.4 Å². The summed E-state index contributed by atoms with van der Waals surface area (Å²) in [5.41, 5.74) is 1.42. The molecule has 2 aliphatic heterocycles. The molecule has 1 atom stereocenters. The first-order valence-corrected chi connectivity index (χ1v) is 12.1. The molecule has 1 fully saturated rings. The number of benzene rings is 1. The maximum atomic E-state index is 15.5. The number of rotatable bonds is 4. The van der Waals surface area contributed by atoms with Crippen LogP contribution in [0, 0.1) is 5.82 Å². The predicted molar refractivity (Wildman–Crippen MR) is 136 cm³/mol. The van der Waals surface area contributed by atoms with Crippen molar-refractivity contribution in [3.05, 3.63) is 64.5 Å². The fourth-order valence-corrected chi connectivity index (χ4v) is 5.16. The van der Waals surface area contributed by atoms with Gasteiger partial charge in [-0.3, -0.25) is 4.79 Å². The second kappa shape index (κ2) is 8.61. The van der Waals surface area contributed by atoms with Crippen molar-refractivity contribution >= 4 is 28.5 Å². The normalized spacial score (nSPS) is 17.2. The standard InChI is InChI=1S/C26H25FN6O4/c1-15-14-37-24-21-16(23(34)17(25(35)36)13-33(15)21)12-18(27)22(24)31-8-10-32(11-9-31)26-28-6-5-19(29-26)20-4-3-7-30(20)2/h3-7,12-13,15H,8-11,14H2,1-2H3,(H,35,36). The SMILES string of the molecule is CC1COc2c(N3CCN(c4nccc(-c5cccn5C)n4)CC3)c(F)cc3c(=O)c(C(=O)O)cn1c23. The topological polar surface area (TPSA) is 106 Å². The average Bonchev–Trinajstić information content (AvgIpc) is 3.33. The summed E-state index contributed by atoms with van der Waals surface area (Å²) in [7, 11) is 1.96. The summed E-state index contributed by atoms with van der Waals surface area (Å²) in [5.74, 6) is -1.06. The van der Waals surface area contributed by atoms with E-state index in [0.717, 1.165) is 17.5 Å². The number of hydrogen-bond donors (Lipinski definition) is 1. The van der Waals surface area contributed by atoms with E-state index in [1.54, 1.807) is 10.8 Å². The van der Waals surface area contributed by atoms with E-state index in [4.69, 9.17) is 9.72 Å². The quantitative estimate of drug-likeness (QED) is 0.452. The van der Waals surface area contributed by atoms with Crippen molar-refractivity contribution in [1.29, 1.82) is 0 Å². The summed E-state index contributed by atoms with van der Waals surface area (Å²) in [6, 6.07) is 6.76. The van der Waals surface area contributed by atoms with Crippen LogP contribution in [0.5, 0.6) is 5.75 Å². The highest BCUT2D eigenvalue weighted by Gasteiger charge is 2.31. The number of piperazine rings is 1. The second-order valence-corrected chi connectivity index (χ2v) is 9.40. The van der Waals surface area contributed by atoms with E-state index in [1.165, 1.54) is 6.20 Å². The lowest BCUT2D eigenvalue weighted by Crippen LogP contribution is -2.47. The number of halogens is 1. The number of hydrogen-bond acceptors (Lipinski definition) is 7. The Kier molecular flexibility index (Phi) is 5.36. The molecule has 5 heterocycles. The van der Waals surface area contributed by atoms with Gasteiger partial charge in [-0.2, -0.15) is 0 Å². The van der Waals surface area contributed by atoms with Gasteiger partial charge in [0.15, 0.2) is 11.6 Å². The second-order valence-electron chi connectivity index (χ2n) is 9.40. The van der Waals surface area contributed by atoms with Crippen molar-refractivity contribution in [2.75, 3.05) is 42.6 Å². The van der Waals surface area contributed by atoms with Gasteiger partial charge in [-0.15, -0.1) is 0 Å². The first-order valence-electron chi connectivity index (χ1n) is 12.1. The molecule has 4 aromatic rings. The highest BCUT2D eigenvalue weighted by molar-refractivity contribution is 5.97. The smallest absolute Gasteiger partial charge is 0.341 e. The summed E-state index contributed by atoms with van der Waals surface area (Å²) in [6.45, 7) is 4.21. The van der Waals surface area contributed by atoms with Gasteiger partial charge in [-0.05, 0) is 31.2 Å². The van der Waals surface area contributed by atoms with Crippen molar-refractivity contribution in [2.24, 2.45) is 7.05 Å². The van der Waals surface area contributed by atoms with Crippen LogP contribution in [0.1, 0.15) is 23.3 Å². The molecule has 6 rings (SSSR count). The Balaban J connectivity index is 1.33. The average molecular weight is 505 g/mol. The van der Waals surface area contributed by atoms with E-state index < -0.39 is 17.2 Å². The van der Waals surface area contributed by atoms with Gasteiger partial charge < -0.3 is 28.8 Å². The largest absolute Gasteiger partial charge is 0.487 e. The van der Waals surface area contributed by atoms with Crippen molar-refractivity contribution in [2.45, 2.75) is 13.0 Å². The third-order valence-corrected chi connectivity index (χ3v) is 7.10. The number of pyridine rings is 1. The molecular formula is C26H25FN6O4. The summed E-state index contributed by atoms with van der Waals surface area (Å²) in [6.07, 6.45) is 5.04. The van der Waals surface area contributed by atoms with E-state index in [2.05, 4.69) is 9.88 Å². The molecule has 1 saturated heterocycles. The van der Waals surface area contributed by atoms with Crippen molar-refractivity contribution < 1.29 is 19.0 Å². The van der Waals surface area contributed by atoms with E-state index in [9.17, 15) is 14.7 Å². The molecule has 0 bridgehead atoms. The number of carboxylic acids is 1. The minimum Gasteiger partial charge on any atom is -0.487 e. The van der Waals surface area contributed by atoms with Crippen LogP contribution in [0.25, 0.3) is 22.3 Å². The maximum absolute atomic E-state index is 15.5. The lowest BCUT2D eigenvalue weighted by molar-refractivity contribution is 0.0694. The Labute approximate surface area is 211 Å². The van der Waals surface area contributed by atoms with Crippen LogP contribution in [0.4, 0.5) is 16.0 Å². The number of aromatic carboxylic acids is 1. The molecule has 0 spiro atoms. The van der Waals surface area contributed by atoms with E-state index in [-0.39, 0.29) is 35.0 Å². The van der Waals surface area contributed by atoms with Crippen LogP contribution in [0.2, 0.25) is 0 Å². The van der Waals surface area contributed by atoms with Crippen LogP contribution in [0.15, 0.2) is 47.7 Å². The molecule has 1 unspecified atom stereocenters. The fraction of sp³-hybridized carbons (Fsp3) is 0.308. The van der Waals surface area contributed by atoms with Gasteiger partial charge in [0.1, 0.15) is 17.9 Å². The van der Waals surface area contributed by atoms with Gasteiger partial charge in [-0.1, -0.05) is 0 Å². The number of anilines is 2. The molecule has 1 N–H and O–H groups in total. The lowest BCUT2D eigenvalue weighted by atomic mass is 10.1. The van der Waals surface area contributed by atoms with Crippen molar-refractivity contribution in [3.8, 4) is 17.1 Å². The lowest BCUT2D eigenvalue weighted by Gasteiger charge is -2.38. The highest BCUT2D eigenvalue weighted by Crippen LogP contribution is 2.42. The van der Waals surface area contributed by atoms with Gasteiger partial charge in [0.05, 0.1) is 28.3 Å². The van der Waals surface area contributed by atoms with Crippen LogP contribution < -0.4 is 20.0 Å². The first-order chi connectivity index (χ1) is 17.8. The number of carbonyl (C=O) groups is 1. The van der Waals surface area contributed by atoms with Crippen LogP contribution in [-0.4, -0.2) is 63.0 Å². The Morgan fingerprint density at radius 1 is 1.19 bits per heavy atom. The van der Waals surface area contributed by atoms with Crippen LogP contribution in [0.3, 0.4) is 0 Å². The maximum Gasteiger partial charge on any atom is 0.341 e. The Morgan fingerprint density at radius 3 is 2.65 bits per heavy atom. The number of nitrogens with zero attached hydrogens (tertiary/aromatic N) is 6. The molecule has 1 aromatic carbocycles. The molecule has 0 radical (unpaired) electrons. The highest BCUT2D eigenvalue weighted by atomic mass is 19.1. The van der Waals surface area contributed by atoms with Gasteiger partial charge in [0, 0.05) is 51.8 Å².